The van der Waals surface area contributed by atoms with Crippen LogP contribution < -0.4 is 10.2 Å². The van der Waals surface area contributed by atoms with E-state index < -0.39 is 10.2 Å². The molecule has 1 N–H and O–H groups in total. The van der Waals surface area contributed by atoms with Crippen molar-refractivity contribution in [2.45, 2.75) is 38.1 Å². The lowest BCUT2D eigenvalue weighted by Gasteiger charge is -2.38. The predicted molar refractivity (Wildman–Crippen MR) is 116 cm³/mol. The van der Waals surface area contributed by atoms with Crippen molar-refractivity contribution in [2.75, 3.05) is 57.5 Å². The summed E-state index contributed by atoms with van der Waals surface area (Å²) in [6.07, 6.45) is 5.24. The Kier molecular flexibility index (Phi) is 7.02. The molecule has 1 aromatic carbocycles. The molecule has 1 aromatic rings. The Hall–Kier alpha value is -1.84. The summed E-state index contributed by atoms with van der Waals surface area (Å²) in [5.41, 5.74) is 1.67. The second-order valence-corrected chi connectivity index (χ2v) is 10.0. The largest absolute Gasteiger partial charge is 0.376 e. The first-order valence-corrected chi connectivity index (χ1v) is 11.8. The fourth-order valence-electron chi connectivity index (χ4n) is 4.10. The number of anilines is 2. The van der Waals surface area contributed by atoms with E-state index in [2.05, 4.69) is 5.32 Å². The van der Waals surface area contributed by atoms with Gasteiger partial charge in [0.05, 0.1) is 11.4 Å². The van der Waals surface area contributed by atoms with Crippen LogP contribution in [0.15, 0.2) is 24.3 Å². The van der Waals surface area contributed by atoms with Crippen LogP contribution >= 0.6 is 0 Å². The van der Waals surface area contributed by atoms with Crippen LogP contribution in [0.25, 0.3) is 0 Å². The number of nitrogens with one attached hydrogen (secondary N) is 1. The van der Waals surface area contributed by atoms with Crippen LogP contribution in [0.2, 0.25) is 0 Å². The van der Waals surface area contributed by atoms with Crippen molar-refractivity contribution in [1.29, 1.82) is 0 Å². The summed E-state index contributed by atoms with van der Waals surface area (Å²) >= 11 is 0. The van der Waals surface area contributed by atoms with Gasteiger partial charge in [-0.15, -0.1) is 0 Å². The van der Waals surface area contributed by atoms with Crippen LogP contribution in [0.1, 0.15) is 32.1 Å². The molecule has 0 spiro atoms. The molecule has 9 heteroatoms. The van der Waals surface area contributed by atoms with Crippen molar-refractivity contribution in [3.8, 4) is 0 Å². The van der Waals surface area contributed by atoms with Gasteiger partial charge in [-0.2, -0.15) is 17.0 Å². The number of hydrogen-bond donors (Lipinski definition) is 1. The minimum absolute atomic E-state index is 0.0950. The Morgan fingerprint density at radius 3 is 2.24 bits per heavy atom. The van der Waals surface area contributed by atoms with E-state index >= 15 is 0 Å². The van der Waals surface area contributed by atoms with Gasteiger partial charge in [-0.25, -0.2) is 4.79 Å². The average Bonchev–Trinajstić information content (AvgIpc) is 2.74. The number of carbonyl (C=O) groups excluding carboxylic acids is 1. The first kappa shape index (κ1) is 21.9. The molecule has 2 amide bonds. The van der Waals surface area contributed by atoms with Crippen LogP contribution in [0, 0.1) is 0 Å². The van der Waals surface area contributed by atoms with Gasteiger partial charge in [-0.1, -0.05) is 31.4 Å². The Bertz CT molecular complexity index is 800. The van der Waals surface area contributed by atoms with E-state index in [-0.39, 0.29) is 12.1 Å². The Balaban J connectivity index is 1.58. The normalized spacial score (nSPS) is 19.4. The molecule has 0 aromatic heterocycles. The summed E-state index contributed by atoms with van der Waals surface area (Å²) in [6, 6.07) is 7.52. The monoisotopic (exact) mass is 423 g/mol. The van der Waals surface area contributed by atoms with Gasteiger partial charge in [-0.05, 0) is 25.0 Å². The van der Waals surface area contributed by atoms with Crippen LogP contribution in [0.5, 0.6) is 0 Å². The number of piperazine rings is 1. The van der Waals surface area contributed by atoms with Gasteiger partial charge in [-0.3, -0.25) is 0 Å². The molecule has 0 unspecified atom stereocenters. The maximum Gasteiger partial charge on any atom is 0.321 e. The minimum atomic E-state index is -3.49. The number of para-hydroxylation sites is 2. The SMILES string of the molecule is CN(C)c1ccccc1NC(=O)N1CCN(S(=O)(=O)N(C)C2CCCCC2)CC1. The van der Waals surface area contributed by atoms with E-state index in [1.54, 1.807) is 16.3 Å². The second kappa shape index (κ2) is 9.32. The highest BCUT2D eigenvalue weighted by Gasteiger charge is 2.35. The Labute approximate surface area is 174 Å². The van der Waals surface area contributed by atoms with Crippen LogP contribution in [-0.2, 0) is 10.2 Å². The maximum absolute atomic E-state index is 13.0. The molecule has 3 rings (SSSR count). The molecular weight excluding hydrogens is 390 g/mol. The van der Waals surface area contributed by atoms with Crippen LogP contribution in [0.3, 0.4) is 0 Å². The molecule has 1 saturated carbocycles. The number of nitrogens with zero attached hydrogens (tertiary/aromatic N) is 4. The number of amides is 2. The number of rotatable bonds is 5. The highest BCUT2D eigenvalue weighted by molar-refractivity contribution is 7.86. The molecule has 1 aliphatic heterocycles. The molecular formula is C20H33N5O3S. The summed E-state index contributed by atoms with van der Waals surface area (Å²) in [6.45, 7) is 1.41. The molecule has 8 nitrogen and oxygen atoms in total. The fraction of sp³-hybridized carbons (Fsp3) is 0.650. The number of urea groups is 1. The van der Waals surface area contributed by atoms with Crippen molar-refractivity contribution >= 4 is 27.6 Å². The van der Waals surface area contributed by atoms with E-state index in [1.807, 2.05) is 43.3 Å². The molecule has 0 radical (unpaired) electrons. The maximum atomic E-state index is 13.0. The van der Waals surface area contributed by atoms with Crippen molar-refractivity contribution in [3.63, 3.8) is 0 Å². The molecule has 2 fully saturated rings. The molecule has 0 bridgehead atoms. The Morgan fingerprint density at radius 1 is 1.00 bits per heavy atom. The number of carbonyl (C=O) groups is 1. The van der Waals surface area contributed by atoms with Gasteiger partial charge in [0, 0.05) is 53.4 Å². The lowest BCUT2D eigenvalue weighted by atomic mass is 9.96. The Morgan fingerprint density at radius 2 is 1.62 bits per heavy atom. The molecule has 1 aliphatic carbocycles. The number of benzene rings is 1. The summed E-state index contributed by atoms with van der Waals surface area (Å²) < 4.78 is 29.1. The molecule has 2 aliphatic rings. The van der Waals surface area contributed by atoms with Gasteiger partial charge in [0.25, 0.3) is 10.2 Å². The van der Waals surface area contributed by atoms with Crippen molar-refractivity contribution in [2.24, 2.45) is 0 Å². The second-order valence-electron chi connectivity index (χ2n) is 8.04. The third-order valence-corrected chi connectivity index (χ3v) is 7.98. The van der Waals surface area contributed by atoms with Crippen molar-refractivity contribution in [3.05, 3.63) is 24.3 Å². The quantitative estimate of drug-likeness (QED) is 0.789. The summed E-state index contributed by atoms with van der Waals surface area (Å²) in [4.78, 5) is 16.3. The highest BCUT2D eigenvalue weighted by Crippen LogP contribution is 2.26. The van der Waals surface area contributed by atoms with E-state index in [1.165, 1.54) is 10.7 Å². The molecule has 1 heterocycles. The standard InChI is InChI=1S/C20H33N5O3S/c1-22(2)19-12-8-7-11-18(19)21-20(26)24-13-15-25(16-14-24)29(27,28)23(3)17-9-5-4-6-10-17/h7-8,11-12,17H,4-6,9-10,13-16H2,1-3H3,(H,21,26). The third kappa shape index (κ3) is 5.02. The zero-order valence-corrected chi connectivity index (χ0v) is 18.5. The average molecular weight is 424 g/mol. The lowest BCUT2D eigenvalue weighted by molar-refractivity contribution is 0.178. The van der Waals surface area contributed by atoms with E-state index in [0.717, 1.165) is 37.1 Å². The van der Waals surface area contributed by atoms with E-state index in [4.69, 9.17) is 0 Å². The topological polar surface area (TPSA) is 76.2 Å². The predicted octanol–water partition coefficient (Wildman–Crippen LogP) is 2.41. The zero-order valence-electron chi connectivity index (χ0n) is 17.7. The van der Waals surface area contributed by atoms with Crippen molar-refractivity contribution in [1.82, 2.24) is 13.5 Å². The fourth-order valence-corrected chi connectivity index (χ4v) is 5.68. The van der Waals surface area contributed by atoms with Gasteiger partial charge < -0.3 is 15.1 Å². The lowest BCUT2D eigenvalue weighted by Crippen LogP contribution is -2.55. The smallest absolute Gasteiger partial charge is 0.321 e. The first-order valence-electron chi connectivity index (χ1n) is 10.4. The highest BCUT2D eigenvalue weighted by atomic mass is 32.2. The van der Waals surface area contributed by atoms with Gasteiger partial charge in [0.15, 0.2) is 0 Å². The third-order valence-electron chi connectivity index (χ3n) is 5.93. The molecule has 162 valence electrons. The van der Waals surface area contributed by atoms with Crippen LogP contribution in [0.4, 0.5) is 16.2 Å². The summed E-state index contributed by atoms with van der Waals surface area (Å²) in [5.74, 6) is 0. The molecule has 1 saturated heterocycles. The zero-order chi connectivity index (χ0) is 21.0. The first-order chi connectivity index (χ1) is 13.8. The summed E-state index contributed by atoms with van der Waals surface area (Å²) in [5, 5.41) is 2.96. The van der Waals surface area contributed by atoms with E-state index in [0.29, 0.717) is 26.2 Å². The van der Waals surface area contributed by atoms with Crippen molar-refractivity contribution < 1.29 is 13.2 Å². The van der Waals surface area contributed by atoms with E-state index in [9.17, 15) is 13.2 Å². The molecule has 29 heavy (non-hydrogen) atoms. The summed E-state index contributed by atoms with van der Waals surface area (Å²) in [7, 11) is 2.07. The van der Waals surface area contributed by atoms with Gasteiger partial charge >= 0.3 is 6.03 Å². The molecule has 0 atom stereocenters. The van der Waals surface area contributed by atoms with Gasteiger partial charge in [0.1, 0.15) is 0 Å². The van der Waals surface area contributed by atoms with Crippen LogP contribution in [-0.4, -0.2) is 81.3 Å². The van der Waals surface area contributed by atoms with Gasteiger partial charge in [0.2, 0.25) is 0 Å². The number of hydrogen-bond acceptors (Lipinski definition) is 4. The minimum Gasteiger partial charge on any atom is -0.376 e.